The first kappa shape index (κ1) is 17.1. The molecule has 0 aliphatic heterocycles. The van der Waals surface area contributed by atoms with E-state index in [4.69, 9.17) is 20.5 Å². The van der Waals surface area contributed by atoms with Crippen LogP contribution in [-0.4, -0.2) is 30.6 Å². The van der Waals surface area contributed by atoms with Crippen LogP contribution >= 0.6 is 0 Å². The summed E-state index contributed by atoms with van der Waals surface area (Å²) in [6.07, 6.45) is 0. The lowest BCUT2D eigenvalue weighted by Gasteiger charge is -2.10. The molecule has 0 aliphatic carbocycles. The van der Waals surface area contributed by atoms with Crippen LogP contribution in [0.1, 0.15) is 23.0 Å². The van der Waals surface area contributed by atoms with Crippen LogP contribution in [0.2, 0.25) is 0 Å². The molecule has 0 saturated heterocycles. The molecule has 0 aliphatic rings. The van der Waals surface area contributed by atoms with Crippen molar-refractivity contribution < 1.29 is 14.3 Å². The predicted molar refractivity (Wildman–Crippen MR) is 88.8 cm³/mol. The Balaban J connectivity index is 1.96. The van der Waals surface area contributed by atoms with Crippen molar-refractivity contribution >= 4 is 11.6 Å². The highest BCUT2D eigenvalue weighted by Gasteiger charge is 2.16. The number of nitrogen functional groups attached to an aromatic ring is 1. The molecule has 3 N–H and O–H groups in total. The molecule has 7 nitrogen and oxygen atoms in total. The minimum atomic E-state index is -0.413. The molecule has 0 spiro atoms. The largest absolute Gasteiger partial charge is 0.492 e. The van der Waals surface area contributed by atoms with Gasteiger partial charge >= 0.3 is 0 Å². The Morgan fingerprint density at radius 3 is 2.75 bits per heavy atom. The predicted octanol–water partition coefficient (Wildman–Crippen LogP) is 1.74. The molecule has 0 unspecified atom stereocenters. The molecule has 0 atom stereocenters. The first-order valence-electron chi connectivity index (χ1n) is 7.45. The summed E-state index contributed by atoms with van der Waals surface area (Å²) in [7, 11) is 0. The van der Waals surface area contributed by atoms with Gasteiger partial charge in [-0.25, -0.2) is 4.98 Å². The van der Waals surface area contributed by atoms with Crippen LogP contribution in [0.15, 0.2) is 36.4 Å². The van der Waals surface area contributed by atoms with Crippen LogP contribution in [0.5, 0.6) is 11.6 Å². The number of nitrogens with two attached hydrogens (primary N) is 1. The zero-order valence-corrected chi connectivity index (χ0v) is 13.3. The summed E-state index contributed by atoms with van der Waals surface area (Å²) < 4.78 is 10.8. The minimum absolute atomic E-state index is 0.0608. The number of amides is 1. The summed E-state index contributed by atoms with van der Waals surface area (Å²) in [5, 5.41) is 11.8. The van der Waals surface area contributed by atoms with Gasteiger partial charge in [-0.1, -0.05) is 18.2 Å². The van der Waals surface area contributed by atoms with Crippen molar-refractivity contribution in [2.24, 2.45) is 0 Å². The summed E-state index contributed by atoms with van der Waals surface area (Å²) in [6.45, 7) is 2.70. The number of aromatic nitrogens is 1. The van der Waals surface area contributed by atoms with E-state index in [0.29, 0.717) is 19.8 Å². The first-order valence-corrected chi connectivity index (χ1v) is 7.45. The fourth-order valence-electron chi connectivity index (χ4n) is 1.95. The van der Waals surface area contributed by atoms with Crippen molar-refractivity contribution in [3.05, 3.63) is 47.7 Å². The van der Waals surface area contributed by atoms with Gasteiger partial charge in [-0.15, -0.1) is 0 Å². The van der Waals surface area contributed by atoms with Crippen molar-refractivity contribution in [1.82, 2.24) is 10.3 Å². The molecule has 124 valence electrons. The van der Waals surface area contributed by atoms with E-state index in [2.05, 4.69) is 10.3 Å². The topological polar surface area (TPSA) is 110 Å². The fourth-order valence-corrected chi connectivity index (χ4v) is 1.95. The van der Waals surface area contributed by atoms with Crippen LogP contribution < -0.4 is 20.5 Å². The lowest BCUT2D eigenvalue weighted by atomic mass is 10.2. The van der Waals surface area contributed by atoms with E-state index in [9.17, 15) is 4.79 Å². The Morgan fingerprint density at radius 2 is 2.08 bits per heavy atom. The molecule has 1 aromatic heterocycles. The zero-order chi connectivity index (χ0) is 17.4. The number of rotatable bonds is 7. The first-order chi connectivity index (χ1) is 11.7. The van der Waals surface area contributed by atoms with Crippen LogP contribution in [0.3, 0.4) is 0 Å². The molecule has 1 amide bonds. The van der Waals surface area contributed by atoms with Gasteiger partial charge in [0.05, 0.1) is 18.8 Å². The molecule has 0 saturated carbocycles. The highest BCUT2D eigenvalue weighted by Crippen LogP contribution is 2.22. The average Bonchev–Trinajstić information content (AvgIpc) is 2.59. The highest BCUT2D eigenvalue weighted by molar-refractivity contribution is 5.93. The summed E-state index contributed by atoms with van der Waals surface area (Å²) in [4.78, 5) is 16.2. The van der Waals surface area contributed by atoms with Crippen molar-refractivity contribution in [3.63, 3.8) is 0 Å². The quantitative estimate of drug-likeness (QED) is 0.750. The molecule has 7 heteroatoms. The van der Waals surface area contributed by atoms with Gasteiger partial charge < -0.3 is 20.5 Å². The fraction of sp³-hybridized carbons (Fsp3) is 0.235. The second-order valence-corrected chi connectivity index (χ2v) is 4.74. The number of para-hydroxylation sites is 1. The summed E-state index contributed by atoms with van der Waals surface area (Å²) in [5.74, 6) is 0.376. The molecular weight excluding hydrogens is 308 g/mol. The van der Waals surface area contributed by atoms with Crippen LogP contribution in [0.25, 0.3) is 0 Å². The maximum Gasteiger partial charge on any atom is 0.270 e. The number of ether oxygens (including phenoxy) is 2. The lowest BCUT2D eigenvalue weighted by molar-refractivity contribution is 0.0941. The van der Waals surface area contributed by atoms with Gasteiger partial charge in [-0.05, 0) is 25.1 Å². The second kappa shape index (κ2) is 8.39. The minimum Gasteiger partial charge on any atom is -0.492 e. The van der Waals surface area contributed by atoms with Gasteiger partial charge in [0, 0.05) is 0 Å². The SMILES string of the molecule is CCOc1nc(C(=O)NCCOc2ccccc2)cc(N)c1C#N. The van der Waals surface area contributed by atoms with Crippen LogP contribution in [0, 0.1) is 11.3 Å². The van der Waals surface area contributed by atoms with Gasteiger partial charge in [0.2, 0.25) is 5.88 Å². The van der Waals surface area contributed by atoms with E-state index in [1.807, 2.05) is 36.4 Å². The van der Waals surface area contributed by atoms with Gasteiger partial charge in [-0.3, -0.25) is 4.79 Å². The Kier molecular flexibility index (Phi) is 5.97. The Hall–Kier alpha value is -3.27. The number of anilines is 1. The molecule has 0 fully saturated rings. The molecule has 2 aromatic rings. The maximum absolute atomic E-state index is 12.1. The van der Waals surface area contributed by atoms with Gasteiger partial charge in [0.1, 0.15) is 29.7 Å². The van der Waals surface area contributed by atoms with E-state index in [1.54, 1.807) is 6.92 Å². The Morgan fingerprint density at radius 1 is 1.33 bits per heavy atom. The number of pyridine rings is 1. The summed E-state index contributed by atoms with van der Waals surface area (Å²) in [5.41, 5.74) is 6.16. The summed E-state index contributed by atoms with van der Waals surface area (Å²) >= 11 is 0. The Bertz CT molecular complexity index is 741. The number of hydrogen-bond donors (Lipinski definition) is 2. The van der Waals surface area contributed by atoms with Crippen molar-refractivity contribution in [3.8, 4) is 17.7 Å². The van der Waals surface area contributed by atoms with E-state index in [1.165, 1.54) is 6.07 Å². The third kappa shape index (κ3) is 4.36. The van der Waals surface area contributed by atoms with E-state index in [0.717, 1.165) is 5.75 Å². The van der Waals surface area contributed by atoms with Crippen LogP contribution in [0.4, 0.5) is 5.69 Å². The van der Waals surface area contributed by atoms with E-state index >= 15 is 0 Å². The number of carbonyl (C=O) groups is 1. The maximum atomic E-state index is 12.1. The number of nitrogens with zero attached hydrogens (tertiary/aromatic N) is 2. The van der Waals surface area contributed by atoms with Crippen LogP contribution in [-0.2, 0) is 0 Å². The highest BCUT2D eigenvalue weighted by atomic mass is 16.5. The number of carbonyl (C=O) groups excluding carboxylic acids is 1. The molecule has 2 rings (SSSR count). The number of benzene rings is 1. The molecular formula is C17H18N4O3. The van der Waals surface area contributed by atoms with Crippen molar-refractivity contribution in [1.29, 1.82) is 5.26 Å². The van der Waals surface area contributed by atoms with Crippen molar-refractivity contribution in [2.75, 3.05) is 25.5 Å². The lowest BCUT2D eigenvalue weighted by Crippen LogP contribution is -2.29. The molecule has 0 bridgehead atoms. The zero-order valence-electron chi connectivity index (χ0n) is 13.3. The van der Waals surface area contributed by atoms with Gasteiger partial charge in [-0.2, -0.15) is 5.26 Å². The molecule has 1 aromatic carbocycles. The van der Waals surface area contributed by atoms with Crippen molar-refractivity contribution in [2.45, 2.75) is 6.92 Å². The summed E-state index contributed by atoms with van der Waals surface area (Å²) in [6, 6.07) is 12.6. The molecule has 24 heavy (non-hydrogen) atoms. The third-order valence-electron chi connectivity index (χ3n) is 3.04. The smallest absolute Gasteiger partial charge is 0.270 e. The third-order valence-corrected chi connectivity index (χ3v) is 3.04. The van der Waals surface area contributed by atoms with Gasteiger partial charge in [0.25, 0.3) is 5.91 Å². The molecule has 1 heterocycles. The second-order valence-electron chi connectivity index (χ2n) is 4.74. The normalized spacial score (nSPS) is 9.83. The average molecular weight is 326 g/mol. The van der Waals surface area contributed by atoms with E-state index in [-0.39, 0.29) is 22.8 Å². The number of hydrogen-bond acceptors (Lipinski definition) is 6. The monoisotopic (exact) mass is 326 g/mol. The molecule has 0 radical (unpaired) electrons. The standard InChI is InChI=1S/C17H18N4O3/c1-2-23-17-13(11-18)14(19)10-15(21-17)16(22)20-8-9-24-12-6-4-3-5-7-12/h3-7,10H,2,8-9H2,1H3,(H2,19,21)(H,20,22). The number of nitrogens with one attached hydrogen (secondary N) is 1. The Labute approximate surface area is 140 Å². The van der Waals surface area contributed by atoms with Gasteiger partial charge in [0.15, 0.2) is 0 Å². The van der Waals surface area contributed by atoms with E-state index < -0.39 is 5.91 Å². The number of nitriles is 1.